The Balaban J connectivity index is 1.87. The molecule has 2 rings (SSSR count). The molecule has 70 valence electrons. The van der Waals surface area contributed by atoms with Gasteiger partial charge in [-0.25, -0.2) is 0 Å². The Kier molecular flexibility index (Phi) is 2.87. The summed E-state index contributed by atoms with van der Waals surface area (Å²) in [5, 5.41) is 3.35. The minimum Gasteiger partial charge on any atom is -0.315 e. The van der Waals surface area contributed by atoms with E-state index in [1.165, 1.54) is 17.5 Å². The van der Waals surface area contributed by atoms with Crippen molar-refractivity contribution < 1.29 is 0 Å². The second kappa shape index (κ2) is 4.12. The minimum absolute atomic E-state index is 0.703. The van der Waals surface area contributed by atoms with Crippen molar-refractivity contribution in [1.82, 2.24) is 5.32 Å². The molecule has 1 aromatic rings. The summed E-state index contributed by atoms with van der Waals surface area (Å²) in [7, 11) is 0. The molecule has 0 bridgehead atoms. The van der Waals surface area contributed by atoms with Gasteiger partial charge in [-0.05, 0) is 17.5 Å². The highest BCUT2D eigenvalue weighted by atomic mass is 35.5. The first-order valence-corrected chi connectivity index (χ1v) is 5.29. The van der Waals surface area contributed by atoms with E-state index in [0.29, 0.717) is 5.88 Å². The molecule has 13 heavy (non-hydrogen) atoms. The van der Waals surface area contributed by atoms with E-state index in [9.17, 15) is 0 Å². The molecule has 0 amide bonds. The van der Waals surface area contributed by atoms with Crippen LogP contribution in [0.1, 0.15) is 17.0 Å². The van der Waals surface area contributed by atoms with Gasteiger partial charge in [-0.2, -0.15) is 0 Å². The molecule has 0 heterocycles. The van der Waals surface area contributed by atoms with E-state index in [1.54, 1.807) is 0 Å². The van der Waals surface area contributed by atoms with Crippen LogP contribution >= 0.6 is 11.6 Å². The second-order valence-electron chi connectivity index (χ2n) is 3.49. The monoisotopic (exact) mass is 195 g/mol. The van der Waals surface area contributed by atoms with Gasteiger partial charge in [-0.1, -0.05) is 24.3 Å². The van der Waals surface area contributed by atoms with Gasteiger partial charge in [-0.3, -0.25) is 0 Å². The van der Waals surface area contributed by atoms with Gasteiger partial charge >= 0.3 is 0 Å². The van der Waals surface area contributed by atoms with Crippen LogP contribution in [0.15, 0.2) is 24.3 Å². The van der Waals surface area contributed by atoms with Crippen molar-refractivity contribution in [3.63, 3.8) is 0 Å². The zero-order valence-corrected chi connectivity index (χ0v) is 8.35. The van der Waals surface area contributed by atoms with Gasteiger partial charge in [0, 0.05) is 24.9 Å². The number of hydrogen-bond acceptors (Lipinski definition) is 1. The number of fused-ring (bicyclic) bond motifs is 1. The number of halogens is 1. The van der Waals surface area contributed by atoms with E-state index in [4.69, 9.17) is 11.6 Å². The summed E-state index contributed by atoms with van der Waals surface area (Å²) in [4.78, 5) is 0. The fraction of sp³-hybridized carbons (Fsp3) is 0.455. The molecule has 1 unspecified atom stereocenters. The predicted octanol–water partition coefficient (Wildman–Crippen LogP) is 2.15. The largest absolute Gasteiger partial charge is 0.315 e. The smallest absolute Gasteiger partial charge is 0.0348 e. The molecule has 1 nitrogen and oxygen atoms in total. The fourth-order valence-electron chi connectivity index (χ4n) is 1.89. The number of benzene rings is 1. The van der Waals surface area contributed by atoms with Crippen molar-refractivity contribution >= 4 is 11.6 Å². The Hall–Kier alpha value is -0.530. The highest BCUT2D eigenvalue weighted by Crippen LogP contribution is 2.33. The first kappa shape index (κ1) is 9.04. The zero-order chi connectivity index (χ0) is 9.10. The lowest BCUT2D eigenvalue weighted by atomic mass is 9.78. The average Bonchev–Trinajstić information content (AvgIpc) is 2.13. The molecule has 0 aromatic heterocycles. The van der Waals surface area contributed by atoms with E-state index < -0.39 is 0 Å². The van der Waals surface area contributed by atoms with Crippen LogP contribution in [0.2, 0.25) is 0 Å². The molecule has 2 heteroatoms. The van der Waals surface area contributed by atoms with Crippen molar-refractivity contribution in [3.8, 4) is 0 Å². The summed E-state index contributed by atoms with van der Waals surface area (Å²) in [5.74, 6) is 1.42. The highest BCUT2D eigenvalue weighted by Gasteiger charge is 2.24. The molecule has 0 saturated heterocycles. The lowest BCUT2D eigenvalue weighted by Gasteiger charge is -2.30. The van der Waals surface area contributed by atoms with Gasteiger partial charge in [-0.15, -0.1) is 11.6 Å². The van der Waals surface area contributed by atoms with Gasteiger partial charge in [0.05, 0.1) is 0 Å². The standard InChI is InChI=1S/C11H14ClN/c12-5-6-13-8-10-7-9-3-1-2-4-11(9)10/h1-4,10,13H,5-8H2. The molecule has 1 N–H and O–H groups in total. The molecule has 1 aliphatic carbocycles. The van der Waals surface area contributed by atoms with Crippen molar-refractivity contribution in [3.05, 3.63) is 35.4 Å². The first-order chi connectivity index (χ1) is 6.42. The van der Waals surface area contributed by atoms with Crippen molar-refractivity contribution in [2.45, 2.75) is 12.3 Å². The SMILES string of the molecule is ClCCNCC1Cc2ccccc21. The Morgan fingerprint density at radius 1 is 1.38 bits per heavy atom. The Morgan fingerprint density at radius 2 is 2.23 bits per heavy atom. The predicted molar refractivity (Wildman–Crippen MR) is 56.5 cm³/mol. The quantitative estimate of drug-likeness (QED) is 0.574. The number of nitrogens with one attached hydrogen (secondary N) is 1. The summed E-state index contributed by atoms with van der Waals surface area (Å²) < 4.78 is 0. The van der Waals surface area contributed by atoms with E-state index in [0.717, 1.165) is 19.0 Å². The normalized spacial score (nSPS) is 19.3. The third-order valence-electron chi connectivity index (χ3n) is 2.62. The Labute approximate surface area is 84.1 Å². The molecule has 0 spiro atoms. The second-order valence-corrected chi connectivity index (χ2v) is 3.87. The molecule has 0 fully saturated rings. The van der Waals surface area contributed by atoms with Gasteiger partial charge < -0.3 is 5.32 Å². The molecule has 1 atom stereocenters. The number of hydrogen-bond donors (Lipinski definition) is 1. The Bertz CT molecular complexity index is 285. The molecule has 1 aliphatic rings. The summed E-state index contributed by atoms with van der Waals surface area (Å²) in [6, 6.07) is 8.67. The molecular formula is C11H14ClN. The van der Waals surface area contributed by atoms with Crippen LogP contribution in [0.4, 0.5) is 0 Å². The maximum Gasteiger partial charge on any atom is 0.0348 e. The molecule has 0 saturated carbocycles. The van der Waals surface area contributed by atoms with E-state index >= 15 is 0 Å². The summed E-state index contributed by atoms with van der Waals surface area (Å²) >= 11 is 5.58. The van der Waals surface area contributed by atoms with Crippen LogP contribution in [-0.2, 0) is 6.42 Å². The van der Waals surface area contributed by atoms with Gasteiger partial charge in [0.2, 0.25) is 0 Å². The van der Waals surface area contributed by atoms with Crippen LogP contribution < -0.4 is 5.32 Å². The fourth-order valence-corrected chi connectivity index (χ4v) is 2.02. The molecule has 0 radical (unpaired) electrons. The molecule has 0 aliphatic heterocycles. The highest BCUT2D eigenvalue weighted by molar-refractivity contribution is 6.18. The van der Waals surface area contributed by atoms with Crippen LogP contribution in [0.25, 0.3) is 0 Å². The van der Waals surface area contributed by atoms with Crippen LogP contribution in [-0.4, -0.2) is 19.0 Å². The van der Waals surface area contributed by atoms with Crippen molar-refractivity contribution in [2.24, 2.45) is 0 Å². The summed E-state index contributed by atoms with van der Waals surface area (Å²) in [6.45, 7) is 1.99. The van der Waals surface area contributed by atoms with Gasteiger partial charge in [0.15, 0.2) is 0 Å². The first-order valence-electron chi connectivity index (χ1n) is 4.76. The number of rotatable bonds is 4. The van der Waals surface area contributed by atoms with E-state index in [1.807, 2.05) is 0 Å². The molecular weight excluding hydrogens is 182 g/mol. The van der Waals surface area contributed by atoms with Gasteiger partial charge in [0.1, 0.15) is 0 Å². The maximum absolute atomic E-state index is 5.58. The van der Waals surface area contributed by atoms with Crippen LogP contribution in [0.5, 0.6) is 0 Å². The third-order valence-corrected chi connectivity index (χ3v) is 2.81. The lowest BCUT2D eigenvalue weighted by molar-refractivity contribution is 0.548. The van der Waals surface area contributed by atoms with Crippen molar-refractivity contribution in [1.29, 1.82) is 0 Å². The van der Waals surface area contributed by atoms with Crippen LogP contribution in [0.3, 0.4) is 0 Å². The molecule has 1 aromatic carbocycles. The van der Waals surface area contributed by atoms with E-state index in [2.05, 4.69) is 29.6 Å². The number of alkyl halides is 1. The van der Waals surface area contributed by atoms with Crippen molar-refractivity contribution in [2.75, 3.05) is 19.0 Å². The maximum atomic E-state index is 5.58. The van der Waals surface area contributed by atoms with Gasteiger partial charge in [0.25, 0.3) is 0 Å². The van der Waals surface area contributed by atoms with E-state index in [-0.39, 0.29) is 0 Å². The Morgan fingerprint density at radius 3 is 3.00 bits per heavy atom. The zero-order valence-electron chi connectivity index (χ0n) is 7.59. The van der Waals surface area contributed by atoms with Crippen LogP contribution in [0, 0.1) is 0 Å². The topological polar surface area (TPSA) is 12.0 Å². The average molecular weight is 196 g/mol. The third kappa shape index (κ3) is 1.87. The lowest BCUT2D eigenvalue weighted by Crippen LogP contribution is -2.30. The summed E-state index contributed by atoms with van der Waals surface area (Å²) in [6.07, 6.45) is 1.23. The minimum atomic E-state index is 0.703. The summed E-state index contributed by atoms with van der Waals surface area (Å²) in [5.41, 5.74) is 3.03.